The lowest BCUT2D eigenvalue weighted by molar-refractivity contribution is 0.552. The highest BCUT2D eigenvalue weighted by Crippen LogP contribution is 2.22. The van der Waals surface area contributed by atoms with Crippen molar-refractivity contribution < 1.29 is 8.78 Å². The largest absolute Gasteiger partial charge is 0.305 e. The molecule has 20 heavy (non-hydrogen) atoms. The first kappa shape index (κ1) is 14.5. The van der Waals surface area contributed by atoms with Crippen molar-refractivity contribution in [3.05, 3.63) is 59.2 Å². The van der Waals surface area contributed by atoms with Crippen LogP contribution in [-0.2, 0) is 0 Å². The van der Waals surface area contributed by atoms with Crippen LogP contribution in [0.3, 0.4) is 0 Å². The fourth-order valence-corrected chi connectivity index (χ4v) is 1.98. The van der Waals surface area contributed by atoms with E-state index in [9.17, 15) is 8.78 Å². The summed E-state index contributed by atoms with van der Waals surface area (Å²) in [6.07, 6.45) is 4.19. The fourth-order valence-electron chi connectivity index (χ4n) is 1.98. The van der Waals surface area contributed by atoms with Crippen molar-refractivity contribution >= 4 is 0 Å². The number of hydrogen-bond acceptors (Lipinski definition) is 3. The van der Waals surface area contributed by atoms with Gasteiger partial charge in [-0.3, -0.25) is 9.97 Å². The van der Waals surface area contributed by atoms with Gasteiger partial charge < -0.3 is 5.32 Å². The Hall–Kier alpha value is -1.88. The van der Waals surface area contributed by atoms with Crippen molar-refractivity contribution in [3.63, 3.8) is 0 Å². The van der Waals surface area contributed by atoms with Gasteiger partial charge in [-0.1, -0.05) is 6.92 Å². The van der Waals surface area contributed by atoms with E-state index in [0.717, 1.165) is 24.7 Å². The van der Waals surface area contributed by atoms with Crippen molar-refractivity contribution in [1.82, 2.24) is 15.3 Å². The van der Waals surface area contributed by atoms with Gasteiger partial charge in [-0.2, -0.15) is 0 Å². The van der Waals surface area contributed by atoms with Gasteiger partial charge >= 0.3 is 0 Å². The fraction of sp³-hybridized carbons (Fsp3) is 0.333. The first-order chi connectivity index (χ1) is 9.60. The summed E-state index contributed by atoms with van der Waals surface area (Å²) in [4.78, 5) is 8.49. The Kier molecular flexibility index (Phi) is 4.74. The third kappa shape index (κ3) is 3.57. The van der Waals surface area contributed by atoms with Crippen LogP contribution in [0.1, 0.15) is 36.3 Å². The number of halogens is 2. The highest BCUT2D eigenvalue weighted by molar-refractivity contribution is 5.28. The van der Waals surface area contributed by atoms with E-state index in [-0.39, 0.29) is 6.04 Å². The maximum absolute atomic E-state index is 13.4. The Balaban J connectivity index is 2.38. The molecule has 0 spiro atoms. The van der Waals surface area contributed by atoms with Crippen LogP contribution >= 0.6 is 0 Å². The van der Waals surface area contributed by atoms with Gasteiger partial charge in [0.1, 0.15) is 11.6 Å². The summed E-state index contributed by atoms with van der Waals surface area (Å²) in [5, 5.41) is 3.24. The van der Waals surface area contributed by atoms with Crippen LogP contribution in [0.15, 0.2) is 30.6 Å². The number of rotatable bonds is 5. The standard InChI is InChI=1S/C15H17F2N3/c1-3-4-18-15(14-9-19-10(2)8-20-14)11-5-12(16)7-13(17)6-11/h5-9,15,18H,3-4H2,1-2H3. The van der Waals surface area contributed by atoms with Crippen molar-refractivity contribution in [2.24, 2.45) is 0 Å². The minimum absolute atomic E-state index is 0.367. The van der Waals surface area contributed by atoms with Crippen molar-refractivity contribution in [3.8, 4) is 0 Å². The van der Waals surface area contributed by atoms with Crippen molar-refractivity contribution in [2.45, 2.75) is 26.3 Å². The summed E-state index contributed by atoms with van der Waals surface area (Å²) >= 11 is 0. The molecule has 0 aliphatic rings. The second-order valence-electron chi connectivity index (χ2n) is 4.67. The average molecular weight is 277 g/mol. The summed E-state index contributed by atoms with van der Waals surface area (Å²) in [5.41, 5.74) is 1.96. The molecule has 2 aromatic rings. The van der Waals surface area contributed by atoms with Gasteiger partial charge in [-0.05, 0) is 37.6 Å². The molecule has 0 bridgehead atoms. The van der Waals surface area contributed by atoms with E-state index in [1.807, 2.05) is 13.8 Å². The van der Waals surface area contributed by atoms with Gasteiger partial charge in [0, 0.05) is 12.3 Å². The van der Waals surface area contributed by atoms with Crippen LogP contribution in [-0.4, -0.2) is 16.5 Å². The topological polar surface area (TPSA) is 37.8 Å². The van der Waals surface area contributed by atoms with Crippen LogP contribution in [0.2, 0.25) is 0 Å². The van der Waals surface area contributed by atoms with E-state index in [1.54, 1.807) is 12.4 Å². The Labute approximate surface area is 117 Å². The maximum Gasteiger partial charge on any atom is 0.126 e. The van der Waals surface area contributed by atoms with Crippen molar-refractivity contribution in [2.75, 3.05) is 6.54 Å². The third-order valence-corrected chi connectivity index (χ3v) is 2.91. The van der Waals surface area contributed by atoms with E-state index < -0.39 is 11.6 Å². The number of nitrogens with zero attached hydrogens (tertiary/aromatic N) is 2. The lowest BCUT2D eigenvalue weighted by atomic mass is 10.0. The van der Waals surface area contributed by atoms with Crippen LogP contribution < -0.4 is 5.32 Å². The van der Waals surface area contributed by atoms with Gasteiger partial charge in [0.15, 0.2) is 0 Å². The normalized spacial score (nSPS) is 12.4. The minimum Gasteiger partial charge on any atom is -0.305 e. The van der Waals surface area contributed by atoms with E-state index in [1.165, 1.54) is 12.1 Å². The summed E-state index contributed by atoms with van der Waals surface area (Å²) in [5.74, 6) is -1.19. The lowest BCUT2D eigenvalue weighted by Gasteiger charge is -2.18. The van der Waals surface area contributed by atoms with Gasteiger partial charge in [-0.25, -0.2) is 8.78 Å². The second kappa shape index (κ2) is 6.52. The zero-order chi connectivity index (χ0) is 14.5. The Morgan fingerprint density at radius 2 is 1.80 bits per heavy atom. The molecular weight excluding hydrogens is 260 g/mol. The molecule has 1 aromatic carbocycles. The number of aromatic nitrogens is 2. The molecular formula is C15H17F2N3. The molecule has 1 heterocycles. The molecule has 0 amide bonds. The molecule has 0 aliphatic carbocycles. The summed E-state index contributed by atoms with van der Waals surface area (Å²) in [6, 6.07) is 3.13. The molecule has 0 saturated carbocycles. The van der Waals surface area contributed by atoms with Crippen LogP contribution in [0.4, 0.5) is 8.78 Å². The second-order valence-corrected chi connectivity index (χ2v) is 4.67. The first-order valence-electron chi connectivity index (χ1n) is 6.58. The zero-order valence-electron chi connectivity index (χ0n) is 11.5. The summed E-state index contributed by atoms with van der Waals surface area (Å²) in [6.45, 7) is 4.59. The number of hydrogen-bond donors (Lipinski definition) is 1. The summed E-state index contributed by atoms with van der Waals surface area (Å²) in [7, 11) is 0. The number of nitrogens with one attached hydrogen (secondary N) is 1. The van der Waals surface area contributed by atoms with E-state index in [0.29, 0.717) is 11.3 Å². The third-order valence-electron chi connectivity index (χ3n) is 2.91. The molecule has 2 rings (SSSR count). The summed E-state index contributed by atoms with van der Waals surface area (Å²) < 4.78 is 26.8. The SMILES string of the molecule is CCCNC(c1cc(F)cc(F)c1)c1cnc(C)cn1. The molecule has 1 unspecified atom stereocenters. The highest BCUT2D eigenvalue weighted by atomic mass is 19.1. The molecule has 0 aliphatic heterocycles. The molecule has 1 aromatic heterocycles. The van der Waals surface area contributed by atoms with Gasteiger partial charge in [0.05, 0.1) is 23.6 Å². The van der Waals surface area contributed by atoms with Crippen LogP contribution in [0.5, 0.6) is 0 Å². The molecule has 0 radical (unpaired) electrons. The zero-order valence-corrected chi connectivity index (χ0v) is 11.5. The monoisotopic (exact) mass is 277 g/mol. The smallest absolute Gasteiger partial charge is 0.126 e. The lowest BCUT2D eigenvalue weighted by Crippen LogP contribution is -2.24. The molecule has 1 N–H and O–H groups in total. The number of benzene rings is 1. The van der Waals surface area contributed by atoms with E-state index >= 15 is 0 Å². The molecule has 1 atom stereocenters. The Morgan fingerprint density at radius 3 is 2.35 bits per heavy atom. The first-order valence-corrected chi connectivity index (χ1v) is 6.58. The van der Waals surface area contributed by atoms with Gasteiger partial charge in [0.25, 0.3) is 0 Å². The Bertz CT molecular complexity index is 550. The molecule has 0 saturated heterocycles. The number of aryl methyl sites for hydroxylation is 1. The molecule has 0 fully saturated rings. The highest BCUT2D eigenvalue weighted by Gasteiger charge is 2.17. The molecule has 106 valence electrons. The van der Waals surface area contributed by atoms with E-state index in [4.69, 9.17) is 0 Å². The van der Waals surface area contributed by atoms with E-state index in [2.05, 4.69) is 15.3 Å². The van der Waals surface area contributed by atoms with Crippen LogP contribution in [0, 0.1) is 18.6 Å². The quantitative estimate of drug-likeness (QED) is 0.912. The van der Waals surface area contributed by atoms with Crippen LogP contribution in [0.25, 0.3) is 0 Å². The van der Waals surface area contributed by atoms with Gasteiger partial charge in [0.2, 0.25) is 0 Å². The van der Waals surface area contributed by atoms with Gasteiger partial charge in [-0.15, -0.1) is 0 Å². The molecule has 3 nitrogen and oxygen atoms in total. The Morgan fingerprint density at radius 1 is 1.10 bits per heavy atom. The average Bonchev–Trinajstić information content (AvgIpc) is 2.40. The predicted octanol–water partition coefficient (Wildman–Crippen LogP) is 3.15. The maximum atomic E-state index is 13.4. The minimum atomic E-state index is -0.594. The van der Waals surface area contributed by atoms with Crippen molar-refractivity contribution in [1.29, 1.82) is 0 Å². The predicted molar refractivity (Wildman–Crippen MR) is 73.3 cm³/mol. The molecule has 5 heteroatoms.